The van der Waals surface area contributed by atoms with E-state index in [-0.39, 0.29) is 30.6 Å². The van der Waals surface area contributed by atoms with E-state index >= 15 is 0 Å². The third-order valence-corrected chi connectivity index (χ3v) is 5.66. The van der Waals surface area contributed by atoms with Crippen LogP contribution in [-0.4, -0.2) is 39.9 Å². The van der Waals surface area contributed by atoms with E-state index in [4.69, 9.17) is 4.52 Å². The number of rotatable bonds is 9. The number of aromatic nitrogens is 2. The molecule has 4 rings (SSSR count). The van der Waals surface area contributed by atoms with Gasteiger partial charge in [0.25, 0.3) is 5.91 Å². The molecule has 0 saturated heterocycles. The van der Waals surface area contributed by atoms with Gasteiger partial charge in [-0.2, -0.15) is 0 Å². The minimum atomic E-state index is -0.367. The fraction of sp³-hybridized carbons (Fsp3) is 0.214. The van der Waals surface area contributed by atoms with Gasteiger partial charge in [0, 0.05) is 43.0 Å². The van der Waals surface area contributed by atoms with Crippen LogP contribution in [0.25, 0.3) is 11.3 Å². The van der Waals surface area contributed by atoms with Gasteiger partial charge in [0.05, 0.1) is 0 Å². The van der Waals surface area contributed by atoms with Crippen molar-refractivity contribution in [2.75, 3.05) is 13.1 Å². The van der Waals surface area contributed by atoms with E-state index in [2.05, 4.69) is 15.5 Å². The molecule has 178 valence electrons. The zero-order chi connectivity index (χ0) is 24.6. The van der Waals surface area contributed by atoms with E-state index in [1.165, 1.54) is 4.90 Å². The molecule has 0 aliphatic rings. The smallest absolute Gasteiger partial charge is 0.276 e. The number of amides is 2. The van der Waals surface area contributed by atoms with Gasteiger partial charge in [-0.15, -0.1) is 0 Å². The van der Waals surface area contributed by atoms with E-state index in [1.54, 1.807) is 12.3 Å². The quantitative estimate of drug-likeness (QED) is 0.394. The summed E-state index contributed by atoms with van der Waals surface area (Å²) >= 11 is 0. The highest BCUT2D eigenvalue weighted by atomic mass is 16.5. The molecule has 2 aromatic heterocycles. The molecular formula is C28H28N4O3. The second-order valence-electron chi connectivity index (χ2n) is 8.46. The SMILES string of the molecule is Cc1ccc(C)c(-c2cc(C(=O)N(CC(=O)NCCc3ccccn3)Cc3ccccc3)no2)c1. The molecule has 4 aromatic rings. The van der Waals surface area contributed by atoms with E-state index in [0.717, 1.165) is 27.9 Å². The largest absolute Gasteiger partial charge is 0.355 e. The molecule has 35 heavy (non-hydrogen) atoms. The maximum atomic E-state index is 13.4. The minimum Gasteiger partial charge on any atom is -0.355 e. The molecule has 0 radical (unpaired) electrons. The van der Waals surface area contributed by atoms with E-state index in [0.29, 0.717) is 18.7 Å². The molecular weight excluding hydrogens is 440 g/mol. The highest BCUT2D eigenvalue weighted by molar-refractivity contribution is 5.95. The van der Waals surface area contributed by atoms with Crippen molar-refractivity contribution in [2.24, 2.45) is 0 Å². The number of benzene rings is 2. The zero-order valence-electron chi connectivity index (χ0n) is 19.9. The Hall–Kier alpha value is -4.26. The van der Waals surface area contributed by atoms with Gasteiger partial charge in [0.1, 0.15) is 6.54 Å². The van der Waals surface area contributed by atoms with Crippen LogP contribution < -0.4 is 5.32 Å². The molecule has 7 nitrogen and oxygen atoms in total. The Balaban J connectivity index is 1.48. The highest BCUT2D eigenvalue weighted by Gasteiger charge is 2.23. The monoisotopic (exact) mass is 468 g/mol. The van der Waals surface area contributed by atoms with Gasteiger partial charge < -0.3 is 14.7 Å². The molecule has 0 atom stereocenters. The van der Waals surface area contributed by atoms with Crippen LogP contribution in [0.3, 0.4) is 0 Å². The second kappa shape index (κ2) is 11.2. The summed E-state index contributed by atoms with van der Waals surface area (Å²) in [7, 11) is 0. The maximum Gasteiger partial charge on any atom is 0.276 e. The number of hydrogen-bond donors (Lipinski definition) is 1. The summed E-state index contributed by atoms with van der Waals surface area (Å²) < 4.78 is 5.52. The van der Waals surface area contributed by atoms with E-state index in [1.807, 2.05) is 80.6 Å². The van der Waals surface area contributed by atoms with E-state index in [9.17, 15) is 9.59 Å². The normalized spacial score (nSPS) is 10.7. The Morgan fingerprint density at radius 1 is 0.971 bits per heavy atom. The highest BCUT2D eigenvalue weighted by Crippen LogP contribution is 2.26. The summed E-state index contributed by atoms with van der Waals surface area (Å²) in [5.74, 6) is -0.0912. The Labute approximate surface area is 204 Å². The van der Waals surface area contributed by atoms with Crippen molar-refractivity contribution in [1.82, 2.24) is 20.4 Å². The number of aryl methyl sites for hydroxylation is 2. The predicted octanol–water partition coefficient (Wildman–Crippen LogP) is 4.35. The number of carbonyl (C=O) groups excluding carboxylic acids is 2. The minimum absolute atomic E-state index is 0.0956. The molecule has 0 aliphatic carbocycles. The van der Waals surface area contributed by atoms with Crippen molar-refractivity contribution in [3.63, 3.8) is 0 Å². The average molecular weight is 469 g/mol. The van der Waals surface area contributed by atoms with Gasteiger partial charge in [0.15, 0.2) is 11.5 Å². The van der Waals surface area contributed by atoms with Crippen molar-refractivity contribution in [2.45, 2.75) is 26.8 Å². The number of hydrogen-bond acceptors (Lipinski definition) is 5. The Morgan fingerprint density at radius 2 is 1.77 bits per heavy atom. The molecule has 2 amide bonds. The lowest BCUT2D eigenvalue weighted by molar-refractivity contribution is -0.121. The molecule has 0 saturated carbocycles. The van der Waals surface area contributed by atoms with Gasteiger partial charge in [-0.05, 0) is 43.2 Å². The van der Waals surface area contributed by atoms with Crippen LogP contribution in [0.4, 0.5) is 0 Å². The summed E-state index contributed by atoms with van der Waals surface area (Å²) in [6, 6.07) is 22.9. The fourth-order valence-electron chi connectivity index (χ4n) is 3.77. The van der Waals surface area contributed by atoms with Crippen molar-refractivity contribution in [3.05, 3.63) is 107 Å². The third kappa shape index (κ3) is 6.41. The van der Waals surface area contributed by atoms with Crippen molar-refractivity contribution in [3.8, 4) is 11.3 Å². The molecule has 7 heteroatoms. The van der Waals surface area contributed by atoms with Crippen LogP contribution in [0.15, 0.2) is 83.5 Å². The van der Waals surface area contributed by atoms with Gasteiger partial charge in [-0.3, -0.25) is 14.6 Å². The molecule has 2 heterocycles. The lowest BCUT2D eigenvalue weighted by Gasteiger charge is -2.21. The summed E-state index contributed by atoms with van der Waals surface area (Å²) in [5, 5.41) is 6.91. The van der Waals surface area contributed by atoms with Gasteiger partial charge in [0.2, 0.25) is 5.91 Å². The zero-order valence-corrected chi connectivity index (χ0v) is 19.9. The molecule has 0 fully saturated rings. The molecule has 0 bridgehead atoms. The summed E-state index contributed by atoms with van der Waals surface area (Å²) in [4.78, 5) is 31.8. The Kier molecular flexibility index (Phi) is 7.67. The summed E-state index contributed by atoms with van der Waals surface area (Å²) in [5.41, 5.74) is 4.98. The molecule has 0 spiro atoms. The number of pyridine rings is 1. The van der Waals surface area contributed by atoms with Gasteiger partial charge in [-0.1, -0.05) is 59.3 Å². The molecule has 2 aromatic carbocycles. The van der Waals surface area contributed by atoms with Crippen LogP contribution in [0.5, 0.6) is 0 Å². The van der Waals surface area contributed by atoms with Gasteiger partial charge >= 0.3 is 0 Å². The maximum absolute atomic E-state index is 13.4. The van der Waals surface area contributed by atoms with Crippen LogP contribution in [-0.2, 0) is 17.8 Å². The lowest BCUT2D eigenvalue weighted by Crippen LogP contribution is -2.41. The fourth-order valence-corrected chi connectivity index (χ4v) is 3.77. The first-order valence-electron chi connectivity index (χ1n) is 11.5. The lowest BCUT2D eigenvalue weighted by atomic mass is 10.0. The van der Waals surface area contributed by atoms with E-state index < -0.39 is 0 Å². The predicted molar refractivity (Wildman–Crippen MR) is 134 cm³/mol. The standard InChI is InChI=1S/C28H28N4O3/c1-20-11-12-21(2)24(16-20)26-17-25(31-35-26)28(34)32(18-22-8-4-3-5-9-22)19-27(33)30-15-13-23-10-6-7-14-29-23/h3-12,14,16-17H,13,15,18-19H2,1-2H3,(H,30,33). The number of nitrogens with one attached hydrogen (secondary N) is 1. The number of carbonyl (C=O) groups is 2. The molecule has 0 unspecified atom stereocenters. The van der Waals surface area contributed by atoms with Crippen molar-refractivity contribution < 1.29 is 14.1 Å². The Morgan fingerprint density at radius 3 is 2.54 bits per heavy atom. The van der Waals surface area contributed by atoms with Crippen LogP contribution in [0, 0.1) is 13.8 Å². The first-order valence-corrected chi connectivity index (χ1v) is 11.5. The first kappa shape index (κ1) is 23.9. The van der Waals surface area contributed by atoms with Crippen LogP contribution >= 0.6 is 0 Å². The molecule has 1 N–H and O–H groups in total. The van der Waals surface area contributed by atoms with Crippen LogP contribution in [0.1, 0.15) is 32.9 Å². The third-order valence-electron chi connectivity index (χ3n) is 5.66. The second-order valence-corrected chi connectivity index (χ2v) is 8.46. The summed E-state index contributed by atoms with van der Waals surface area (Å²) in [6.07, 6.45) is 2.34. The molecule has 0 aliphatic heterocycles. The Bertz CT molecular complexity index is 1290. The summed E-state index contributed by atoms with van der Waals surface area (Å²) in [6.45, 7) is 4.60. The first-order chi connectivity index (χ1) is 17.0. The van der Waals surface area contributed by atoms with Crippen molar-refractivity contribution >= 4 is 11.8 Å². The van der Waals surface area contributed by atoms with Gasteiger partial charge in [-0.25, -0.2) is 0 Å². The topological polar surface area (TPSA) is 88.3 Å². The van der Waals surface area contributed by atoms with Crippen molar-refractivity contribution in [1.29, 1.82) is 0 Å². The number of nitrogens with zero attached hydrogens (tertiary/aromatic N) is 3. The van der Waals surface area contributed by atoms with Crippen LogP contribution in [0.2, 0.25) is 0 Å². The average Bonchev–Trinajstić information content (AvgIpc) is 3.36.